The number of anilines is 1. The van der Waals surface area contributed by atoms with Crippen LogP contribution in [0.2, 0.25) is 0 Å². The zero-order valence-electron chi connectivity index (χ0n) is 18.2. The first-order valence-electron chi connectivity index (χ1n) is 10.3. The lowest BCUT2D eigenvalue weighted by Crippen LogP contribution is -2.52. The van der Waals surface area contributed by atoms with Gasteiger partial charge in [-0.15, -0.1) is 0 Å². The summed E-state index contributed by atoms with van der Waals surface area (Å²) >= 11 is 0. The molecular formula is C24H30N4O2. The van der Waals surface area contributed by atoms with Crippen molar-refractivity contribution in [2.45, 2.75) is 33.0 Å². The Bertz CT molecular complexity index is 912. The van der Waals surface area contributed by atoms with Crippen molar-refractivity contribution in [1.82, 2.24) is 10.2 Å². The molecule has 0 aliphatic carbocycles. The van der Waals surface area contributed by atoms with E-state index in [9.17, 15) is 10.1 Å². The Balaban J connectivity index is 1.57. The average molecular weight is 407 g/mol. The third-order valence-electron chi connectivity index (χ3n) is 5.30. The topological polar surface area (TPSA) is 68.6 Å². The first kappa shape index (κ1) is 21.7. The third-order valence-corrected chi connectivity index (χ3v) is 5.30. The molecule has 2 aromatic rings. The molecule has 0 aromatic heterocycles. The fraction of sp³-hybridized carbons (Fsp3) is 0.417. The molecule has 6 heteroatoms. The molecule has 30 heavy (non-hydrogen) atoms. The largest absolute Gasteiger partial charge is 0.490 e. The fourth-order valence-electron chi connectivity index (χ4n) is 3.67. The van der Waals surface area contributed by atoms with Gasteiger partial charge in [0.15, 0.2) is 0 Å². The lowest BCUT2D eigenvalue weighted by atomic mass is 9.98. The van der Waals surface area contributed by atoms with Gasteiger partial charge >= 0.3 is 0 Å². The molecule has 0 bridgehead atoms. The summed E-state index contributed by atoms with van der Waals surface area (Å²) < 4.78 is 5.70. The minimum absolute atomic E-state index is 0.0371. The standard InChI is InChI=1S/C24H30N4O2/c1-17(2)30-23-10-7-19(11-20(23)12-25)13-27(4)22-8-5-18(6-9-22)14-28-15-21(16-28)24(29)26-3/h5-11,17,21H,13-16H2,1-4H3,(H,26,29). The molecule has 0 unspecified atom stereocenters. The van der Waals surface area contributed by atoms with Crippen LogP contribution < -0.4 is 15.0 Å². The molecule has 158 valence electrons. The third kappa shape index (κ3) is 5.31. The van der Waals surface area contributed by atoms with Gasteiger partial charge in [-0.25, -0.2) is 0 Å². The number of likely N-dealkylation sites (tertiary alicyclic amines) is 1. The summed E-state index contributed by atoms with van der Waals surface area (Å²) in [5.74, 6) is 0.885. The summed E-state index contributed by atoms with van der Waals surface area (Å²) in [7, 11) is 3.73. The molecule has 1 fully saturated rings. The molecule has 1 saturated heterocycles. The van der Waals surface area contributed by atoms with Gasteiger partial charge in [0.25, 0.3) is 0 Å². The highest BCUT2D eigenvalue weighted by molar-refractivity contribution is 5.79. The van der Waals surface area contributed by atoms with Crippen LogP contribution in [0.4, 0.5) is 5.69 Å². The van der Waals surface area contributed by atoms with Crippen molar-refractivity contribution in [3.8, 4) is 11.8 Å². The van der Waals surface area contributed by atoms with Gasteiger partial charge in [-0.2, -0.15) is 5.26 Å². The quantitative estimate of drug-likeness (QED) is 0.729. The van der Waals surface area contributed by atoms with Gasteiger partial charge in [-0.3, -0.25) is 9.69 Å². The number of amides is 1. The molecular weight excluding hydrogens is 376 g/mol. The molecule has 0 radical (unpaired) electrons. The van der Waals surface area contributed by atoms with E-state index in [-0.39, 0.29) is 17.9 Å². The van der Waals surface area contributed by atoms with Gasteiger partial charge in [0.05, 0.1) is 17.6 Å². The second kappa shape index (κ2) is 9.64. The van der Waals surface area contributed by atoms with Crippen LogP contribution in [-0.4, -0.2) is 44.1 Å². The van der Waals surface area contributed by atoms with Crippen LogP contribution in [-0.2, 0) is 17.9 Å². The summed E-state index contributed by atoms with van der Waals surface area (Å²) in [6.07, 6.45) is 0.0371. The van der Waals surface area contributed by atoms with Crippen LogP contribution in [0.3, 0.4) is 0 Å². The van der Waals surface area contributed by atoms with Gasteiger partial charge in [-0.1, -0.05) is 18.2 Å². The van der Waals surface area contributed by atoms with Crippen molar-refractivity contribution < 1.29 is 9.53 Å². The summed E-state index contributed by atoms with van der Waals surface area (Å²) in [6.45, 7) is 7.11. The van der Waals surface area contributed by atoms with Crippen molar-refractivity contribution in [2.75, 3.05) is 32.1 Å². The normalized spacial score (nSPS) is 14.1. The number of hydrogen-bond acceptors (Lipinski definition) is 5. The first-order chi connectivity index (χ1) is 14.4. The highest BCUT2D eigenvalue weighted by atomic mass is 16.5. The molecule has 0 spiro atoms. The van der Waals surface area contributed by atoms with Crippen LogP contribution in [0.15, 0.2) is 42.5 Å². The molecule has 0 saturated carbocycles. The second-order valence-electron chi connectivity index (χ2n) is 8.14. The number of nitriles is 1. The van der Waals surface area contributed by atoms with Crippen molar-refractivity contribution in [3.05, 3.63) is 59.2 Å². The number of hydrogen-bond donors (Lipinski definition) is 1. The van der Waals surface area contributed by atoms with Crippen LogP contribution in [0.25, 0.3) is 0 Å². The maximum absolute atomic E-state index is 11.6. The van der Waals surface area contributed by atoms with Crippen LogP contribution in [0.1, 0.15) is 30.5 Å². The number of rotatable bonds is 8. The van der Waals surface area contributed by atoms with Crippen molar-refractivity contribution in [3.63, 3.8) is 0 Å². The van der Waals surface area contributed by atoms with Gasteiger partial charge in [-0.05, 0) is 49.2 Å². The van der Waals surface area contributed by atoms with Gasteiger partial charge in [0, 0.05) is 46.0 Å². The van der Waals surface area contributed by atoms with E-state index < -0.39 is 0 Å². The summed E-state index contributed by atoms with van der Waals surface area (Å²) in [5.41, 5.74) is 3.99. The average Bonchev–Trinajstić information content (AvgIpc) is 2.71. The van der Waals surface area contributed by atoms with Crippen LogP contribution >= 0.6 is 0 Å². The number of ether oxygens (including phenoxy) is 1. The minimum atomic E-state index is 0.0371. The molecule has 2 aromatic carbocycles. The Labute approximate surface area is 179 Å². The van der Waals surface area contributed by atoms with E-state index in [1.54, 1.807) is 7.05 Å². The van der Waals surface area contributed by atoms with Gasteiger partial charge in [0.2, 0.25) is 5.91 Å². The van der Waals surface area contributed by atoms with E-state index in [1.807, 2.05) is 39.1 Å². The number of nitrogens with zero attached hydrogens (tertiary/aromatic N) is 3. The molecule has 0 atom stereocenters. The Morgan fingerprint density at radius 2 is 1.90 bits per heavy atom. The minimum Gasteiger partial charge on any atom is -0.490 e. The maximum Gasteiger partial charge on any atom is 0.225 e. The highest BCUT2D eigenvalue weighted by Crippen LogP contribution is 2.24. The lowest BCUT2D eigenvalue weighted by Gasteiger charge is -2.38. The summed E-state index contributed by atoms with van der Waals surface area (Å²) in [5, 5.41) is 12.1. The van der Waals surface area contributed by atoms with E-state index in [0.29, 0.717) is 17.9 Å². The number of carbonyl (C=O) groups is 1. The van der Waals surface area contributed by atoms with Gasteiger partial charge in [0.1, 0.15) is 11.8 Å². The molecule has 1 aliphatic heterocycles. The van der Waals surface area contributed by atoms with Crippen molar-refractivity contribution >= 4 is 11.6 Å². The number of benzene rings is 2. The second-order valence-corrected chi connectivity index (χ2v) is 8.14. The van der Waals surface area contributed by atoms with Gasteiger partial charge < -0.3 is 15.0 Å². The Hall–Kier alpha value is -3.04. The van der Waals surface area contributed by atoms with E-state index in [4.69, 9.17) is 4.74 Å². The number of nitrogens with one attached hydrogen (secondary N) is 1. The van der Waals surface area contributed by atoms with E-state index in [1.165, 1.54) is 5.56 Å². The zero-order valence-corrected chi connectivity index (χ0v) is 18.2. The molecule has 3 rings (SSSR count). The summed E-state index contributed by atoms with van der Waals surface area (Å²) in [6, 6.07) is 16.5. The van der Waals surface area contributed by atoms with Crippen LogP contribution in [0, 0.1) is 17.2 Å². The predicted octanol–water partition coefficient (Wildman–Crippen LogP) is 3.16. The van der Waals surface area contributed by atoms with E-state index in [0.717, 1.165) is 30.9 Å². The lowest BCUT2D eigenvalue weighted by molar-refractivity contribution is -0.129. The SMILES string of the molecule is CNC(=O)C1CN(Cc2ccc(N(C)Cc3ccc(OC(C)C)c(C#N)c3)cc2)C1. The first-order valence-corrected chi connectivity index (χ1v) is 10.3. The van der Waals surface area contributed by atoms with E-state index in [2.05, 4.69) is 45.5 Å². The smallest absolute Gasteiger partial charge is 0.225 e. The Morgan fingerprint density at radius 3 is 2.50 bits per heavy atom. The molecule has 1 aliphatic rings. The molecule has 1 N–H and O–H groups in total. The van der Waals surface area contributed by atoms with E-state index >= 15 is 0 Å². The Kier molecular flexibility index (Phi) is 6.96. The zero-order chi connectivity index (χ0) is 21.7. The predicted molar refractivity (Wildman–Crippen MR) is 118 cm³/mol. The molecule has 1 amide bonds. The molecule has 1 heterocycles. The molecule has 6 nitrogen and oxygen atoms in total. The van der Waals surface area contributed by atoms with Crippen LogP contribution in [0.5, 0.6) is 5.75 Å². The van der Waals surface area contributed by atoms with Crippen molar-refractivity contribution in [1.29, 1.82) is 5.26 Å². The number of carbonyl (C=O) groups excluding carboxylic acids is 1. The van der Waals surface area contributed by atoms with Crippen molar-refractivity contribution in [2.24, 2.45) is 5.92 Å². The summed E-state index contributed by atoms with van der Waals surface area (Å²) in [4.78, 5) is 16.0. The Morgan fingerprint density at radius 1 is 1.23 bits per heavy atom. The highest BCUT2D eigenvalue weighted by Gasteiger charge is 2.31. The fourth-order valence-corrected chi connectivity index (χ4v) is 3.67. The maximum atomic E-state index is 11.6. The monoisotopic (exact) mass is 406 g/mol.